The minimum Gasteiger partial charge on any atom is -0.462 e. The van der Waals surface area contributed by atoms with Crippen LogP contribution in [-0.2, 0) is 9.47 Å². The average molecular weight is 307 g/mol. The van der Waals surface area contributed by atoms with Crippen molar-refractivity contribution in [1.29, 1.82) is 0 Å². The monoisotopic (exact) mass is 307 g/mol. The van der Waals surface area contributed by atoms with Crippen LogP contribution in [-0.4, -0.2) is 31.1 Å². The van der Waals surface area contributed by atoms with Gasteiger partial charge in [0.2, 0.25) is 5.79 Å². The van der Waals surface area contributed by atoms with E-state index in [-0.39, 0.29) is 5.92 Å². The lowest BCUT2D eigenvalue weighted by molar-refractivity contribution is -0.165. The van der Waals surface area contributed by atoms with Gasteiger partial charge < -0.3 is 19.5 Å². The molecule has 1 aliphatic heterocycles. The van der Waals surface area contributed by atoms with Gasteiger partial charge in [-0.2, -0.15) is 0 Å². The number of nitrogens with one attached hydrogen (secondary N) is 1. The number of hydrogen-bond acceptors (Lipinski definition) is 4. The van der Waals surface area contributed by atoms with Gasteiger partial charge in [-0.1, -0.05) is 18.2 Å². The highest BCUT2D eigenvalue weighted by atomic mass is 16.7. The van der Waals surface area contributed by atoms with E-state index in [4.69, 9.17) is 14.2 Å². The van der Waals surface area contributed by atoms with Crippen LogP contribution in [0, 0.1) is 0 Å². The number of hydrogen-bond donors (Lipinski definition) is 1. The quantitative estimate of drug-likeness (QED) is 0.929. The molecule has 0 aliphatic carbocycles. The summed E-state index contributed by atoms with van der Waals surface area (Å²) in [5.41, 5.74) is 0.576. The van der Waals surface area contributed by atoms with Crippen LogP contribution in [0.2, 0.25) is 0 Å². The Balaban J connectivity index is 2.08. The van der Waals surface area contributed by atoms with E-state index in [1.54, 1.807) is 7.11 Å². The highest BCUT2D eigenvalue weighted by molar-refractivity contribution is 5.67. The highest BCUT2D eigenvalue weighted by Gasteiger charge is 2.37. The van der Waals surface area contributed by atoms with Crippen LogP contribution in [0.3, 0.4) is 0 Å². The minimum absolute atomic E-state index is 0.113. The fraction of sp³-hybridized carbons (Fsp3) is 0.588. The number of ether oxygens (including phenoxy) is 3. The molecule has 0 spiro atoms. The smallest absolute Gasteiger partial charge is 0.407 e. The summed E-state index contributed by atoms with van der Waals surface area (Å²) in [5, 5.41) is 2.84. The van der Waals surface area contributed by atoms with Crippen molar-refractivity contribution in [2.75, 3.05) is 13.7 Å². The average Bonchev–Trinajstić information content (AvgIpc) is 2.43. The third-order valence-electron chi connectivity index (χ3n) is 3.63. The number of fused-ring (bicyclic) bond motifs is 1. The lowest BCUT2D eigenvalue weighted by Gasteiger charge is -2.38. The molecule has 0 saturated carbocycles. The lowest BCUT2D eigenvalue weighted by atomic mass is 9.88. The van der Waals surface area contributed by atoms with Crippen LogP contribution in [0.5, 0.6) is 5.75 Å². The van der Waals surface area contributed by atoms with Gasteiger partial charge in [0, 0.05) is 32.9 Å². The van der Waals surface area contributed by atoms with Crippen molar-refractivity contribution in [2.45, 2.75) is 51.4 Å². The van der Waals surface area contributed by atoms with Crippen LogP contribution in [0.4, 0.5) is 4.79 Å². The third kappa shape index (κ3) is 4.13. The molecule has 5 heteroatoms. The summed E-state index contributed by atoms with van der Waals surface area (Å²) in [6, 6.07) is 7.84. The van der Waals surface area contributed by atoms with Gasteiger partial charge >= 0.3 is 6.09 Å². The molecule has 1 aromatic carbocycles. The summed E-state index contributed by atoms with van der Waals surface area (Å²) in [6.45, 7) is 7.92. The fourth-order valence-corrected chi connectivity index (χ4v) is 2.57. The number of benzene rings is 1. The Morgan fingerprint density at radius 1 is 1.41 bits per heavy atom. The van der Waals surface area contributed by atoms with Gasteiger partial charge in [0.1, 0.15) is 11.4 Å². The van der Waals surface area contributed by atoms with Gasteiger partial charge in [0.25, 0.3) is 0 Å². The first-order valence-electron chi connectivity index (χ1n) is 7.52. The van der Waals surface area contributed by atoms with Crippen LogP contribution >= 0.6 is 0 Å². The molecule has 122 valence electrons. The Morgan fingerprint density at radius 2 is 2.09 bits per heavy atom. The van der Waals surface area contributed by atoms with E-state index >= 15 is 0 Å². The fourth-order valence-electron chi connectivity index (χ4n) is 2.57. The molecule has 0 aromatic heterocycles. The van der Waals surface area contributed by atoms with E-state index in [0.717, 1.165) is 11.3 Å². The SMILES string of the molecule is CO[C@@]1(C)C[C@H](CNC(=O)OC(C)(C)C)c2ccccc2O1. The molecular formula is C17H25NO4. The molecule has 0 saturated heterocycles. The van der Waals surface area contributed by atoms with Gasteiger partial charge in [-0.3, -0.25) is 0 Å². The van der Waals surface area contributed by atoms with Crippen molar-refractivity contribution < 1.29 is 19.0 Å². The number of para-hydroxylation sites is 1. The molecule has 1 aromatic rings. The molecule has 5 nitrogen and oxygen atoms in total. The van der Waals surface area contributed by atoms with Gasteiger partial charge in [0.05, 0.1) is 0 Å². The van der Waals surface area contributed by atoms with E-state index in [2.05, 4.69) is 5.32 Å². The Labute approximate surface area is 131 Å². The van der Waals surface area contributed by atoms with E-state index in [9.17, 15) is 4.79 Å². The summed E-state index contributed by atoms with van der Waals surface area (Å²) >= 11 is 0. The number of methoxy groups -OCH3 is 1. The zero-order valence-corrected chi connectivity index (χ0v) is 13.9. The largest absolute Gasteiger partial charge is 0.462 e. The van der Waals surface area contributed by atoms with E-state index < -0.39 is 17.5 Å². The molecule has 0 unspecified atom stereocenters. The topological polar surface area (TPSA) is 56.8 Å². The van der Waals surface area contributed by atoms with Crippen molar-refractivity contribution in [1.82, 2.24) is 5.32 Å². The molecule has 2 atom stereocenters. The Morgan fingerprint density at radius 3 is 2.73 bits per heavy atom. The molecule has 22 heavy (non-hydrogen) atoms. The van der Waals surface area contributed by atoms with Crippen molar-refractivity contribution >= 4 is 6.09 Å². The van der Waals surface area contributed by atoms with Crippen LogP contribution in [0.25, 0.3) is 0 Å². The predicted molar refractivity (Wildman–Crippen MR) is 84.1 cm³/mol. The van der Waals surface area contributed by atoms with E-state index in [1.165, 1.54) is 0 Å². The second-order valence-electron chi connectivity index (χ2n) is 6.76. The summed E-state index contributed by atoms with van der Waals surface area (Å²) in [7, 11) is 1.63. The number of rotatable bonds is 3. The lowest BCUT2D eigenvalue weighted by Crippen LogP contribution is -2.43. The second kappa shape index (κ2) is 6.16. The van der Waals surface area contributed by atoms with Crippen LogP contribution in [0.15, 0.2) is 24.3 Å². The number of amides is 1. The molecule has 0 fully saturated rings. The minimum atomic E-state index is -0.686. The molecule has 0 bridgehead atoms. The first kappa shape index (κ1) is 16.6. The van der Waals surface area contributed by atoms with Gasteiger partial charge in [-0.05, 0) is 32.4 Å². The maximum atomic E-state index is 11.8. The molecule has 1 amide bonds. The maximum absolute atomic E-state index is 11.8. The van der Waals surface area contributed by atoms with Crippen molar-refractivity contribution in [3.05, 3.63) is 29.8 Å². The first-order chi connectivity index (χ1) is 10.2. The first-order valence-corrected chi connectivity index (χ1v) is 7.52. The number of alkyl carbamates (subject to hydrolysis) is 1. The van der Waals surface area contributed by atoms with Crippen LogP contribution < -0.4 is 10.1 Å². The summed E-state index contributed by atoms with van der Waals surface area (Å²) in [5.74, 6) is 0.228. The predicted octanol–water partition coefficient (Wildman–Crippen LogP) is 3.44. The Kier molecular flexibility index (Phi) is 4.66. The maximum Gasteiger partial charge on any atom is 0.407 e. The van der Waals surface area contributed by atoms with Crippen molar-refractivity contribution in [3.8, 4) is 5.75 Å². The zero-order chi connectivity index (χ0) is 16.4. The summed E-state index contributed by atoms with van der Waals surface area (Å²) in [4.78, 5) is 11.8. The van der Waals surface area contributed by atoms with Crippen molar-refractivity contribution in [3.63, 3.8) is 0 Å². The Bertz CT molecular complexity index is 538. The third-order valence-corrected chi connectivity index (χ3v) is 3.63. The summed E-state index contributed by atoms with van der Waals surface area (Å²) in [6.07, 6.45) is 0.256. The van der Waals surface area contributed by atoms with Gasteiger partial charge in [-0.15, -0.1) is 0 Å². The second-order valence-corrected chi connectivity index (χ2v) is 6.76. The molecule has 2 rings (SSSR count). The van der Waals surface area contributed by atoms with E-state index in [0.29, 0.717) is 13.0 Å². The molecular weight excluding hydrogens is 282 g/mol. The van der Waals surface area contributed by atoms with Crippen molar-refractivity contribution in [2.24, 2.45) is 0 Å². The van der Waals surface area contributed by atoms with Gasteiger partial charge in [-0.25, -0.2) is 4.79 Å². The Hall–Kier alpha value is -1.75. The standard InChI is InChI=1S/C17H25NO4/c1-16(2,3)22-15(19)18-11-12-10-17(4,20-5)21-14-9-7-6-8-13(12)14/h6-9,12H,10-11H2,1-5H3,(H,18,19)/t12-,17-/m1/s1. The summed E-state index contributed by atoms with van der Waals surface area (Å²) < 4.78 is 16.7. The normalized spacial score (nSPS) is 24.1. The van der Waals surface area contributed by atoms with Gasteiger partial charge in [0.15, 0.2) is 0 Å². The zero-order valence-electron chi connectivity index (χ0n) is 13.9. The van der Waals surface area contributed by atoms with Crippen LogP contribution in [0.1, 0.15) is 45.6 Å². The molecule has 1 heterocycles. The molecule has 1 aliphatic rings. The van der Waals surface area contributed by atoms with E-state index in [1.807, 2.05) is 52.0 Å². The highest BCUT2D eigenvalue weighted by Crippen LogP contribution is 2.40. The molecule has 0 radical (unpaired) electrons. The number of carbonyl (C=O) groups excluding carboxylic acids is 1. The molecule has 1 N–H and O–H groups in total. The number of carbonyl (C=O) groups is 1.